The zero-order valence-corrected chi connectivity index (χ0v) is 20.2. The van der Waals surface area contributed by atoms with Crippen LogP contribution in [0.25, 0.3) is 0 Å². The van der Waals surface area contributed by atoms with E-state index in [9.17, 15) is 22.4 Å². The summed E-state index contributed by atoms with van der Waals surface area (Å²) in [6.45, 7) is 3.54. The van der Waals surface area contributed by atoms with Gasteiger partial charge in [0.2, 0.25) is 0 Å². The van der Waals surface area contributed by atoms with Gasteiger partial charge in [-0.1, -0.05) is 41.4 Å². The van der Waals surface area contributed by atoms with Gasteiger partial charge in [-0.25, -0.2) is 9.07 Å². The standard InChI is InChI=1S/C25H24ClF4N5O/c1-15-2-4-16(5-3-15)19-14-20(25(28,29)30)35-23(31-19)21(26)22(32-35)24(36)34-12-10-33(11-13-34)18-8-6-17(27)7-9-18/h2-9,19-20,31H,10-14H2,1H3. The lowest BCUT2D eigenvalue weighted by molar-refractivity contribution is -0.173. The van der Waals surface area contributed by atoms with Gasteiger partial charge in [-0.3, -0.25) is 4.79 Å². The molecule has 6 nitrogen and oxygen atoms in total. The summed E-state index contributed by atoms with van der Waals surface area (Å²) in [6.07, 6.45) is -4.85. The monoisotopic (exact) mass is 521 g/mol. The van der Waals surface area contributed by atoms with Crippen molar-refractivity contribution in [2.24, 2.45) is 0 Å². The molecule has 1 fully saturated rings. The van der Waals surface area contributed by atoms with E-state index >= 15 is 0 Å². The molecule has 36 heavy (non-hydrogen) atoms. The van der Waals surface area contributed by atoms with E-state index in [2.05, 4.69) is 10.4 Å². The molecule has 1 N–H and O–H groups in total. The van der Waals surface area contributed by atoms with Crippen molar-refractivity contribution in [1.29, 1.82) is 0 Å². The number of carbonyl (C=O) groups excluding carboxylic acids is 1. The maximum absolute atomic E-state index is 14.0. The predicted molar refractivity (Wildman–Crippen MR) is 129 cm³/mol. The Morgan fingerprint density at radius 1 is 1.03 bits per heavy atom. The van der Waals surface area contributed by atoms with Gasteiger partial charge in [0, 0.05) is 38.3 Å². The molecule has 11 heteroatoms. The molecular formula is C25H24ClF4N5O. The third-order valence-electron chi connectivity index (χ3n) is 6.74. The highest BCUT2D eigenvalue weighted by Gasteiger charge is 2.48. The molecule has 2 aliphatic rings. The number of aromatic nitrogens is 2. The Balaban J connectivity index is 1.38. The van der Waals surface area contributed by atoms with Crippen molar-refractivity contribution in [3.8, 4) is 0 Å². The van der Waals surface area contributed by atoms with Gasteiger partial charge in [-0.15, -0.1) is 0 Å². The lowest BCUT2D eigenvalue weighted by Crippen LogP contribution is -2.49. The molecule has 0 spiro atoms. The molecule has 0 aliphatic carbocycles. The molecule has 2 aromatic carbocycles. The van der Waals surface area contributed by atoms with E-state index in [1.807, 2.05) is 24.0 Å². The molecule has 2 aliphatic heterocycles. The molecule has 5 rings (SSSR count). The number of amides is 1. The van der Waals surface area contributed by atoms with Crippen LogP contribution in [-0.2, 0) is 0 Å². The summed E-state index contributed by atoms with van der Waals surface area (Å²) in [7, 11) is 0. The van der Waals surface area contributed by atoms with Gasteiger partial charge in [0.15, 0.2) is 11.7 Å². The number of carbonyl (C=O) groups is 1. The van der Waals surface area contributed by atoms with Crippen molar-refractivity contribution in [2.45, 2.75) is 31.6 Å². The lowest BCUT2D eigenvalue weighted by Gasteiger charge is -2.35. The summed E-state index contributed by atoms with van der Waals surface area (Å²) in [6, 6.07) is 10.8. The molecule has 3 heterocycles. The van der Waals surface area contributed by atoms with Gasteiger partial charge in [0.1, 0.15) is 16.7 Å². The van der Waals surface area contributed by atoms with Crippen LogP contribution < -0.4 is 10.2 Å². The summed E-state index contributed by atoms with van der Waals surface area (Å²) in [5.74, 6) is -0.860. The van der Waals surface area contributed by atoms with Crippen LogP contribution in [0.5, 0.6) is 0 Å². The Labute approximate surface area is 210 Å². The maximum Gasteiger partial charge on any atom is 0.410 e. The molecule has 2 atom stereocenters. The van der Waals surface area contributed by atoms with Crippen LogP contribution in [-0.4, -0.2) is 52.9 Å². The average molecular weight is 522 g/mol. The van der Waals surface area contributed by atoms with Gasteiger partial charge in [0.05, 0.1) is 6.04 Å². The zero-order valence-electron chi connectivity index (χ0n) is 19.4. The van der Waals surface area contributed by atoms with Gasteiger partial charge in [-0.05, 0) is 36.8 Å². The Bertz CT molecular complexity index is 1250. The summed E-state index contributed by atoms with van der Waals surface area (Å²) < 4.78 is 56.1. The first-order chi connectivity index (χ1) is 17.1. The number of alkyl halides is 3. The first kappa shape index (κ1) is 24.4. The van der Waals surface area contributed by atoms with Crippen molar-refractivity contribution in [3.05, 3.63) is 76.2 Å². The highest BCUT2D eigenvalue weighted by molar-refractivity contribution is 6.36. The third-order valence-corrected chi connectivity index (χ3v) is 7.09. The van der Waals surface area contributed by atoms with E-state index in [0.29, 0.717) is 31.7 Å². The SMILES string of the molecule is Cc1ccc(C2CC(C(F)(F)F)n3nc(C(=O)N4CCN(c5ccc(F)cc5)CC4)c(Cl)c3N2)cc1. The highest BCUT2D eigenvalue weighted by Crippen LogP contribution is 2.46. The third kappa shape index (κ3) is 4.61. The van der Waals surface area contributed by atoms with Gasteiger partial charge >= 0.3 is 6.18 Å². The molecule has 0 bridgehead atoms. The zero-order chi connectivity index (χ0) is 25.6. The number of fused-ring (bicyclic) bond motifs is 1. The fraction of sp³-hybridized carbons (Fsp3) is 0.360. The van der Waals surface area contributed by atoms with Crippen LogP contribution in [0.4, 0.5) is 29.1 Å². The lowest BCUT2D eigenvalue weighted by atomic mass is 9.96. The molecule has 190 valence electrons. The van der Waals surface area contributed by atoms with E-state index in [4.69, 9.17) is 11.6 Å². The normalized spacial score (nSPS) is 20.2. The van der Waals surface area contributed by atoms with Crippen molar-refractivity contribution >= 4 is 29.0 Å². The van der Waals surface area contributed by atoms with Gasteiger partial charge in [0.25, 0.3) is 5.91 Å². The Morgan fingerprint density at radius 3 is 2.28 bits per heavy atom. The summed E-state index contributed by atoms with van der Waals surface area (Å²) in [5.41, 5.74) is 2.33. The number of aryl methyl sites for hydroxylation is 1. The van der Waals surface area contributed by atoms with E-state index < -0.39 is 24.2 Å². The minimum atomic E-state index is -4.57. The minimum Gasteiger partial charge on any atom is -0.368 e. The average Bonchev–Trinajstić information content (AvgIpc) is 3.19. The molecule has 0 saturated carbocycles. The Kier molecular flexibility index (Phi) is 6.32. The molecule has 3 aromatic rings. The van der Waals surface area contributed by atoms with Crippen LogP contribution >= 0.6 is 11.6 Å². The second-order valence-corrected chi connectivity index (χ2v) is 9.49. The predicted octanol–water partition coefficient (Wildman–Crippen LogP) is 5.61. The second kappa shape index (κ2) is 9.31. The van der Waals surface area contributed by atoms with Crippen LogP contribution in [0.2, 0.25) is 5.02 Å². The Hall–Kier alpha value is -3.27. The van der Waals surface area contributed by atoms with Gasteiger partial charge in [-0.2, -0.15) is 18.3 Å². The fourth-order valence-electron chi connectivity index (χ4n) is 4.71. The molecule has 1 saturated heterocycles. The first-order valence-corrected chi connectivity index (χ1v) is 12.0. The van der Waals surface area contributed by atoms with Crippen molar-refractivity contribution in [3.63, 3.8) is 0 Å². The summed E-state index contributed by atoms with van der Waals surface area (Å²) in [5, 5.41) is 7.01. The van der Waals surface area contributed by atoms with E-state index in [-0.39, 0.29) is 28.8 Å². The minimum absolute atomic E-state index is 0.0101. The number of anilines is 2. The number of benzene rings is 2. The smallest absolute Gasteiger partial charge is 0.368 e. The topological polar surface area (TPSA) is 53.4 Å². The van der Waals surface area contributed by atoms with Crippen LogP contribution in [0.15, 0.2) is 48.5 Å². The number of nitrogens with one attached hydrogen (secondary N) is 1. The van der Waals surface area contributed by atoms with Gasteiger partial charge < -0.3 is 15.1 Å². The van der Waals surface area contributed by atoms with Crippen LogP contribution in [0.3, 0.4) is 0 Å². The van der Waals surface area contributed by atoms with Crippen molar-refractivity contribution < 1.29 is 22.4 Å². The number of piperazine rings is 1. The van der Waals surface area contributed by atoms with Crippen LogP contribution in [0, 0.1) is 12.7 Å². The number of hydrogen-bond donors (Lipinski definition) is 1. The Morgan fingerprint density at radius 2 is 1.67 bits per heavy atom. The number of hydrogen-bond acceptors (Lipinski definition) is 4. The van der Waals surface area contributed by atoms with Crippen LogP contribution in [0.1, 0.15) is 40.1 Å². The summed E-state index contributed by atoms with van der Waals surface area (Å²) in [4.78, 5) is 16.8. The first-order valence-electron chi connectivity index (χ1n) is 11.6. The van der Waals surface area contributed by atoms with Crippen molar-refractivity contribution in [1.82, 2.24) is 14.7 Å². The fourth-order valence-corrected chi connectivity index (χ4v) is 4.97. The van der Waals surface area contributed by atoms with Crippen molar-refractivity contribution in [2.75, 3.05) is 36.4 Å². The van der Waals surface area contributed by atoms with E-state index in [1.54, 1.807) is 24.3 Å². The molecule has 1 amide bonds. The molecular weight excluding hydrogens is 498 g/mol. The van der Waals surface area contributed by atoms with E-state index in [0.717, 1.165) is 15.9 Å². The van der Waals surface area contributed by atoms with E-state index in [1.165, 1.54) is 17.0 Å². The number of nitrogens with zero attached hydrogens (tertiary/aromatic N) is 4. The maximum atomic E-state index is 14.0. The largest absolute Gasteiger partial charge is 0.410 e. The quantitative estimate of drug-likeness (QED) is 0.455. The second-order valence-electron chi connectivity index (χ2n) is 9.11. The summed E-state index contributed by atoms with van der Waals surface area (Å²) >= 11 is 6.48. The highest BCUT2D eigenvalue weighted by atomic mass is 35.5. The molecule has 1 aromatic heterocycles. The number of rotatable bonds is 3. The number of halogens is 5. The molecule has 2 unspecified atom stereocenters. The molecule has 0 radical (unpaired) electrons.